The van der Waals surface area contributed by atoms with Gasteiger partial charge in [0, 0.05) is 19.0 Å². The van der Waals surface area contributed by atoms with Crippen LogP contribution in [-0.2, 0) is 21.8 Å². The largest absolute Gasteiger partial charge is 0.443 e. The van der Waals surface area contributed by atoms with Gasteiger partial charge in [0.25, 0.3) is 0 Å². The molecule has 2 rings (SSSR count). The zero-order chi connectivity index (χ0) is 20.1. The van der Waals surface area contributed by atoms with Gasteiger partial charge in [0.1, 0.15) is 16.5 Å². The Kier molecular flexibility index (Phi) is 8.86. The minimum atomic E-state index is -3.73. The maximum absolute atomic E-state index is 13.7. The molecule has 0 saturated carbocycles. The van der Waals surface area contributed by atoms with E-state index in [1.54, 1.807) is 13.2 Å². The zero-order valence-electron chi connectivity index (χ0n) is 16.3. The first-order valence-corrected chi connectivity index (χ1v) is 10.2. The summed E-state index contributed by atoms with van der Waals surface area (Å²) in [4.78, 5) is 7.93. The Labute approximate surface area is 182 Å². The molecule has 7 nitrogen and oxygen atoms in total. The van der Waals surface area contributed by atoms with Crippen molar-refractivity contribution in [3.63, 3.8) is 0 Å². The van der Waals surface area contributed by atoms with Crippen LogP contribution in [0.2, 0.25) is 0 Å². The lowest BCUT2D eigenvalue weighted by atomic mass is 9.94. The normalized spacial score (nSPS) is 12.4. The van der Waals surface area contributed by atoms with Crippen LogP contribution in [0.15, 0.2) is 44.8 Å². The van der Waals surface area contributed by atoms with E-state index < -0.39 is 15.7 Å². The molecule has 0 unspecified atom stereocenters. The fourth-order valence-electron chi connectivity index (χ4n) is 2.23. The molecule has 0 atom stereocenters. The van der Waals surface area contributed by atoms with Crippen LogP contribution in [0.3, 0.4) is 0 Å². The summed E-state index contributed by atoms with van der Waals surface area (Å²) in [5.41, 5.74) is -0.133. The molecule has 0 bridgehead atoms. The Bertz CT molecular complexity index is 908. The predicted molar refractivity (Wildman–Crippen MR) is 117 cm³/mol. The Hall–Kier alpha value is -1.69. The van der Waals surface area contributed by atoms with E-state index in [1.807, 2.05) is 20.8 Å². The summed E-state index contributed by atoms with van der Waals surface area (Å²) in [6, 6.07) is 5.33. The lowest BCUT2D eigenvalue weighted by Gasteiger charge is -2.13. The summed E-state index contributed by atoms with van der Waals surface area (Å²) in [6.45, 7) is 6.47. The molecule has 1 heterocycles. The molecule has 10 heteroatoms. The van der Waals surface area contributed by atoms with Gasteiger partial charge < -0.3 is 15.1 Å². The monoisotopic (exact) mass is 524 g/mol. The van der Waals surface area contributed by atoms with Gasteiger partial charge in [-0.15, -0.1) is 24.0 Å². The summed E-state index contributed by atoms with van der Waals surface area (Å²) in [6.07, 6.45) is 1.69. The summed E-state index contributed by atoms with van der Waals surface area (Å²) in [5.74, 6) is 0.662. The highest BCUT2D eigenvalue weighted by atomic mass is 127. The molecule has 2 N–H and O–H groups in total. The number of aromatic nitrogens is 1. The van der Waals surface area contributed by atoms with E-state index in [-0.39, 0.29) is 46.6 Å². The predicted octanol–water partition coefficient (Wildman–Crippen LogP) is 2.87. The maximum atomic E-state index is 13.7. The van der Waals surface area contributed by atoms with Gasteiger partial charge in [-0.1, -0.05) is 32.9 Å². The average molecular weight is 524 g/mol. The number of sulfone groups is 1. The molecule has 0 aliphatic carbocycles. The fraction of sp³-hybridized carbons (Fsp3) is 0.444. The van der Waals surface area contributed by atoms with Crippen molar-refractivity contribution in [2.75, 3.05) is 19.3 Å². The van der Waals surface area contributed by atoms with Crippen molar-refractivity contribution < 1.29 is 17.2 Å². The van der Waals surface area contributed by atoms with E-state index in [0.29, 0.717) is 18.4 Å². The molecule has 0 fully saturated rings. The molecule has 1 aromatic carbocycles. The third-order valence-corrected chi connectivity index (χ3v) is 5.50. The van der Waals surface area contributed by atoms with Gasteiger partial charge in [0.15, 0.2) is 15.8 Å². The molecule has 0 aliphatic rings. The van der Waals surface area contributed by atoms with Crippen LogP contribution in [0.5, 0.6) is 0 Å². The number of oxazole rings is 1. The SMILES string of the molecule is CN=C(NCCS(=O)(=O)c1ccccc1F)NCc1ncc(C(C)(C)C)o1.I. The van der Waals surface area contributed by atoms with Crippen LogP contribution in [-0.4, -0.2) is 38.7 Å². The van der Waals surface area contributed by atoms with Gasteiger partial charge >= 0.3 is 0 Å². The fourth-order valence-corrected chi connectivity index (χ4v) is 3.47. The molecule has 28 heavy (non-hydrogen) atoms. The van der Waals surface area contributed by atoms with Crippen molar-refractivity contribution in [2.45, 2.75) is 37.6 Å². The first kappa shape index (κ1) is 24.3. The molecular weight excluding hydrogens is 498 g/mol. The Morgan fingerprint density at radius 3 is 2.50 bits per heavy atom. The average Bonchev–Trinajstić information content (AvgIpc) is 3.07. The highest BCUT2D eigenvalue weighted by Crippen LogP contribution is 2.22. The molecule has 0 radical (unpaired) electrons. The Morgan fingerprint density at radius 1 is 1.25 bits per heavy atom. The summed E-state index contributed by atoms with van der Waals surface area (Å²) >= 11 is 0. The van der Waals surface area contributed by atoms with Crippen molar-refractivity contribution >= 4 is 39.8 Å². The van der Waals surface area contributed by atoms with Crippen LogP contribution < -0.4 is 10.6 Å². The minimum Gasteiger partial charge on any atom is -0.443 e. The van der Waals surface area contributed by atoms with Gasteiger partial charge in [-0.25, -0.2) is 17.8 Å². The van der Waals surface area contributed by atoms with Gasteiger partial charge in [-0.05, 0) is 12.1 Å². The minimum absolute atomic E-state index is 0. The highest BCUT2D eigenvalue weighted by Gasteiger charge is 2.20. The molecule has 0 saturated heterocycles. The second-order valence-corrected chi connectivity index (χ2v) is 9.05. The van der Waals surface area contributed by atoms with Crippen LogP contribution in [0.4, 0.5) is 4.39 Å². The molecule has 0 amide bonds. The van der Waals surface area contributed by atoms with E-state index in [4.69, 9.17) is 4.42 Å². The van der Waals surface area contributed by atoms with Crippen molar-refractivity contribution in [1.82, 2.24) is 15.6 Å². The second kappa shape index (κ2) is 10.2. The summed E-state index contributed by atoms with van der Waals surface area (Å²) in [5, 5.41) is 5.89. The standard InChI is InChI=1S/C18H25FN4O3S.HI/c1-18(2,3)15-11-22-16(26-15)12-23-17(20-4)21-9-10-27(24,25)14-8-6-5-7-13(14)19;/h5-8,11H,9-10,12H2,1-4H3,(H2,20,21,23);1H. The molecule has 0 spiro atoms. The van der Waals surface area contributed by atoms with Gasteiger partial charge in [-0.2, -0.15) is 0 Å². The highest BCUT2D eigenvalue weighted by molar-refractivity contribution is 14.0. The number of hydrogen-bond donors (Lipinski definition) is 2. The quantitative estimate of drug-likeness (QED) is 0.343. The smallest absolute Gasteiger partial charge is 0.213 e. The van der Waals surface area contributed by atoms with E-state index in [1.165, 1.54) is 18.2 Å². The third-order valence-electron chi connectivity index (χ3n) is 3.76. The molecule has 156 valence electrons. The van der Waals surface area contributed by atoms with Crippen LogP contribution in [0.1, 0.15) is 32.4 Å². The first-order valence-electron chi connectivity index (χ1n) is 8.50. The van der Waals surface area contributed by atoms with E-state index in [0.717, 1.165) is 11.8 Å². The van der Waals surface area contributed by atoms with Gasteiger partial charge in [-0.3, -0.25) is 4.99 Å². The molecule has 2 aromatic rings. The zero-order valence-corrected chi connectivity index (χ0v) is 19.5. The maximum Gasteiger partial charge on any atom is 0.213 e. The number of rotatable bonds is 6. The first-order chi connectivity index (χ1) is 12.6. The summed E-state index contributed by atoms with van der Waals surface area (Å²) in [7, 11) is -2.16. The number of nitrogens with zero attached hydrogens (tertiary/aromatic N) is 2. The molecule has 0 aliphatic heterocycles. The Morgan fingerprint density at radius 2 is 1.93 bits per heavy atom. The number of aliphatic imine (C=N–C) groups is 1. The number of hydrogen-bond acceptors (Lipinski definition) is 5. The van der Waals surface area contributed by atoms with E-state index >= 15 is 0 Å². The molecule has 1 aromatic heterocycles. The van der Waals surface area contributed by atoms with Crippen LogP contribution in [0.25, 0.3) is 0 Å². The van der Waals surface area contributed by atoms with Crippen molar-refractivity contribution in [2.24, 2.45) is 4.99 Å². The van der Waals surface area contributed by atoms with E-state index in [9.17, 15) is 12.8 Å². The number of benzene rings is 1. The number of nitrogens with one attached hydrogen (secondary N) is 2. The van der Waals surface area contributed by atoms with E-state index in [2.05, 4.69) is 20.6 Å². The number of guanidine groups is 1. The second-order valence-electron chi connectivity index (χ2n) is 6.97. The van der Waals surface area contributed by atoms with Crippen LogP contribution >= 0.6 is 24.0 Å². The van der Waals surface area contributed by atoms with Gasteiger partial charge in [0.05, 0.1) is 18.5 Å². The van der Waals surface area contributed by atoms with Crippen molar-refractivity contribution in [3.8, 4) is 0 Å². The molecular formula is C18H26FIN4O3S. The van der Waals surface area contributed by atoms with Gasteiger partial charge in [0.2, 0.25) is 5.89 Å². The summed E-state index contributed by atoms with van der Waals surface area (Å²) < 4.78 is 43.8. The Balaban J connectivity index is 0.00000392. The van der Waals surface area contributed by atoms with Crippen LogP contribution in [0, 0.1) is 5.82 Å². The van der Waals surface area contributed by atoms with Crippen molar-refractivity contribution in [3.05, 3.63) is 47.9 Å². The van der Waals surface area contributed by atoms with Crippen molar-refractivity contribution in [1.29, 1.82) is 0 Å². The lowest BCUT2D eigenvalue weighted by molar-refractivity contribution is 0.379. The third kappa shape index (κ3) is 6.73. The number of halogens is 2. The lowest BCUT2D eigenvalue weighted by Crippen LogP contribution is -2.39. The topological polar surface area (TPSA) is 96.6 Å².